The Morgan fingerprint density at radius 1 is 0.406 bits per heavy atom. The van der Waals surface area contributed by atoms with Gasteiger partial charge in [0, 0.05) is 0 Å². The van der Waals surface area contributed by atoms with Gasteiger partial charge >= 0.3 is 0 Å². The highest BCUT2D eigenvalue weighted by Crippen LogP contribution is 2.30. The minimum atomic E-state index is -2.34. The van der Waals surface area contributed by atoms with Crippen molar-refractivity contribution in [3.8, 4) is 5.75 Å². The molecule has 0 fully saturated rings. The Bertz CT molecular complexity index is 1100. The van der Waals surface area contributed by atoms with E-state index in [0.29, 0.717) is 5.75 Å². The van der Waals surface area contributed by atoms with E-state index in [4.69, 9.17) is 0 Å². The van der Waals surface area contributed by atoms with Gasteiger partial charge in [0.1, 0.15) is 12.9 Å². The van der Waals surface area contributed by atoms with E-state index >= 15 is 0 Å². The van der Waals surface area contributed by atoms with Crippen molar-refractivity contribution >= 4 is 43.0 Å². The highest BCUT2D eigenvalue weighted by molar-refractivity contribution is 7.81. The summed E-state index contributed by atoms with van der Waals surface area (Å²) in [5.74, 6) is 0.336. The van der Waals surface area contributed by atoms with Gasteiger partial charge in [0.05, 0.1) is 15.2 Å². The van der Waals surface area contributed by atoms with Crippen molar-refractivity contribution in [2.75, 3.05) is 0 Å². The molecule has 0 bridgehead atoms. The summed E-state index contributed by atoms with van der Waals surface area (Å²) in [4.78, 5) is 0. The maximum atomic E-state index is 10.2. The third-order valence-electron chi connectivity index (χ3n) is 7.37. The Kier molecular flexibility index (Phi) is 6.12. The monoisotopic (exact) mass is 468 g/mol. The van der Waals surface area contributed by atoms with Gasteiger partial charge in [0.15, 0.2) is 0 Å². The van der Waals surface area contributed by atoms with Crippen LogP contribution in [0.15, 0.2) is 115 Å². The Labute approximate surface area is 195 Å². The largest absolute Gasteiger partial charge is 0.508 e. The van der Waals surface area contributed by atoms with Crippen LogP contribution in [0.25, 0.3) is 0 Å². The summed E-state index contributed by atoms with van der Waals surface area (Å²) >= 11 is 0. The molecule has 0 spiro atoms. The Hall–Kier alpha value is -2.67. The molecule has 0 amide bonds. The predicted octanol–water partition coefficient (Wildman–Crippen LogP) is 4.34. The van der Waals surface area contributed by atoms with Crippen molar-refractivity contribution in [2.24, 2.45) is 0 Å². The molecule has 0 unspecified atom stereocenters. The van der Waals surface area contributed by atoms with E-state index < -0.39 is 22.3 Å². The molecule has 0 aromatic heterocycles. The molecule has 0 saturated heterocycles. The van der Waals surface area contributed by atoms with Gasteiger partial charge in [-0.25, -0.2) is 0 Å². The Morgan fingerprint density at radius 3 is 1.09 bits per heavy atom. The standard InChI is InChI=1S/C28H32OSi3/c1-30(2,25-14-8-5-9-15-25)32(27-18-12-7-13-19-27,28-22-20-24(29)21-23-28)31(3,4)26-16-10-6-11-17-26/h5-23,29H,1-4H3. The number of phenolic OH excluding ortho intramolecular Hbond substituents is 1. The Balaban J connectivity index is 2.17. The average Bonchev–Trinajstić information content (AvgIpc) is 2.82. The summed E-state index contributed by atoms with van der Waals surface area (Å²) in [6, 6.07) is 42.0. The summed E-state index contributed by atoms with van der Waals surface area (Å²) in [6.07, 6.45) is 0. The van der Waals surface area contributed by atoms with Crippen molar-refractivity contribution in [3.05, 3.63) is 115 Å². The van der Waals surface area contributed by atoms with E-state index in [1.807, 2.05) is 12.1 Å². The molecule has 0 atom stereocenters. The second-order valence-corrected chi connectivity index (χ2v) is 33.5. The van der Waals surface area contributed by atoms with E-state index in [-0.39, 0.29) is 0 Å². The zero-order valence-corrected chi connectivity index (χ0v) is 22.4. The highest BCUT2D eigenvalue weighted by Gasteiger charge is 2.62. The molecule has 1 nitrogen and oxygen atoms in total. The first kappa shape index (κ1) is 22.5. The highest BCUT2D eigenvalue weighted by atomic mass is 29.6. The molecular weight excluding hydrogens is 437 g/mol. The van der Waals surface area contributed by atoms with Crippen LogP contribution in [0, 0.1) is 0 Å². The zero-order valence-electron chi connectivity index (χ0n) is 19.4. The summed E-state index contributed by atoms with van der Waals surface area (Å²) in [5, 5.41) is 16.2. The fraction of sp³-hybridized carbons (Fsp3) is 0.143. The topological polar surface area (TPSA) is 20.2 Å². The number of hydrogen-bond donors (Lipinski definition) is 1. The lowest BCUT2D eigenvalue weighted by molar-refractivity contribution is 0.475. The van der Waals surface area contributed by atoms with Gasteiger partial charge < -0.3 is 5.11 Å². The van der Waals surface area contributed by atoms with Crippen LogP contribution < -0.4 is 20.7 Å². The third-order valence-corrected chi connectivity index (χ3v) is 44.8. The summed E-state index contributed by atoms with van der Waals surface area (Å²) in [6.45, 7) is 10.4. The minimum Gasteiger partial charge on any atom is -0.508 e. The van der Waals surface area contributed by atoms with Crippen LogP contribution in [-0.2, 0) is 0 Å². The van der Waals surface area contributed by atoms with Crippen molar-refractivity contribution < 1.29 is 5.11 Å². The van der Waals surface area contributed by atoms with Gasteiger partial charge in [-0.3, -0.25) is 0 Å². The smallest absolute Gasteiger partial charge is 0.115 e. The molecule has 0 heterocycles. The van der Waals surface area contributed by atoms with Gasteiger partial charge in [0.2, 0.25) is 0 Å². The van der Waals surface area contributed by atoms with E-state index in [0.717, 1.165) is 0 Å². The van der Waals surface area contributed by atoms with E-state index in [1.165, 1.54) is 20.7 Å². The lowest BCUT2D eigenvalue weighted by atomic mass is 10.3. The second-order valence-electron chi connectivity index (χ2n) is 9.64. The molecule has 4 aromatic carbocycles. The van der Waals surface area contributed by atoms with Crippen LogP contribution >= 0.6 is 0 Å². The first-order valence-corrected chi connectivity index (χ1v) is 21.3. The van der Waals surface area contributed by atoms with Crippen LogP contribution in [0.2, 0.25) is 26.2 Å². The molecule has 4 aromatic rings. The third kappa shape index (κ3) is 3.52. The van der Waals surface area contributed by atoms with Crippen LogP contribution in [0.5, 0.6) is 5.75 Å². The van der Waals surface area contributed by atoms with Gasteiger partial charge in [-0.1, -0.05) is 150 Å². The van der Waals surface area contributed by atoms with Gasteiger partial charge in [-0.05, 0) is 12.1 Å². The normalized spacial score (nSPS) is 12.5. The molecule has 4 heteroatoms. The first-order valence-electron chi connectivity index (χ1n) is 11.3. The van der Waals surface area contributed by atoms with Gasteiger partial charge in [-0.15, -0.1) is 0 Å². The number of phenols is 1. The lowest BCUT2D eigenvalue weighted by Crippen LogP contribution is -2.91. The van der Waals surface area contributed by atoms with Crippen LogP contribution in [0.1, 0.15) is 0 Å². The minimum absolute atomic E-state index is 0.336. The second kappa shape index (κ2) is 8.70. The molecule has 0 saturated carbocycles. The summed E-state index contributed by atoms with van der Waals surface area (Å²) < 4.78 is 0. The zero-order chi connectivity index (χ0) is 22.8. The van der Waals surface area contributed by atoms with Crippen molar-refractivity contribution in [3.63, 3.8) is 0 Å². The SMILES string of the molecule is C[Si](C)(c1ccccc1)[Si](c1ccccc1)(c1ccc(O)cc1)[Si](C)(C)c1ccccc1. The number of hydrogen-bond acceptors (Lipinski definition) is 1. The molecule has 0 radical (unpaired) electrons. The van der Waals surface area contributed by atoms with Gasteiger partial charge in [-0.2, -0.15) is 0 Å². The molecule has 0 aliphatic carbocycles. The van der Waals surface area contributed by atoms with Crippen molar-refractivity contribution in [2.45, 2.75) is 26.2 Å². The number of aromatic hydroxyl groups is 1. The molecule has 162 valence electrons. The van der Waals surface area contributed by atoms with Crippen LogP contribution in [0.4, 0.5) is 0 Å². The average molecular weight is 469 g/mol. The molecule has 32 heavy (non-hydrogen) atoms. The summed E-state index contributed by atoms with van der Waals surface area (Å²) in [7, 11) is -6.46. The number of benzene rings is 4. The maximum absolute atomic E-state index is 10.2. The molecular formula is C28H32OSi3. The quantitative estimate of drug-likeness (QED) is 0.417. The fourth-order valence-electron chi connectivity index (χ4n) is 5.93. The van der Waals surface area contributed by atoms with E-state index in [2.05, 4.69) is 129 Å². The summed E-state index contributed by atoms with van der Waals surface area (Å²) in [5.41, 5.74) is 0. The molecule has 4 rings (SSSR count). The predicted molar refractivity (Wildman–Crippen MR) is 147 cm³/mol. The molecule has 0 aliphatic heterocycles. The van der Waals surface area contributed by atoms with Crippen molar-refractivity contribution in [1.29, 1.82) is 0 Å². The van der Waals surface area contributed by atoms with E-state index in [9.17, 15) is 5.11 Å². The van der Waals surface area contributed by atoms with E-state index in [1.54, 1.807) is 0 Å². The van der Waals surface area contributed by atoms with Crippen LogP contribution in [0.3, 0.4) is 0 Å². The van der Waals surface area contributed by atoms with Crippen LogP contribution in [-0.4, -0.2) is 27.4 Å². The first-order chi connectivity index (χ1) is 15.3. The number of rotatable bonds is 6. The molecule has 0 aliphatic rings. The fourth-order valence-corrected chi connectivity index (χ4v) is 50.6. The van der Waals surface area contributed by atoms with Crippen molar-refractivity contribution in [1.82, 2.24) is 0 Å². The molecule has 1 N–H and O–H groups in total. The Morgan fingerprint density at radius 2 is 0.719 bits per heavy atom. The van der Waals surface area contributed by atoms with Gasteiger partial charge in [0.25, 0.3) is 0 Å². The maximum Gasteiger partial charge on any atom is 0.115 e. The lowest BCUT2D eigenvalue weighted by Gasteiger charge is -2.54.